The Morgan fingerprint density at radius 1 is 0.675 bits per heavy atom. The molecule has 1 unspecified atom stereocenters. The molecule has 0 amide bonds. The van der Waals surface area contributed by atoms with Gasteiger partial charge in [-0.2, -0.15) is 0 Å². The summed E-state index contributed by atoms with van der Waals surface area (Å²) in [6.45, 7) is 38.2. The van der Waals surface area contributed by atoms with Crippen LogP contribution in [0.4, 0.5) is 5.69 Å². The van der Waals surface area contributed by atoms with Crippen LogP contribution >= 0.6 is 0 Å². The molecule has 0 aliphatic heterocycles. The van der Waals surface area contributed by atoms with Crippen LogP contribution in [0.5, 0.6) is 5.75 Å². The van der Waals surface area contributed by atoms with Crippen LogP contribution in [0.1, 0.15) is 138 Å². The number of rotatable bonds is 11. The molecule has 1 atom stereocenters. The maximum absolute atomic E-state index is 12.5. The van der Waals surface area contributed by atoms with Crippen LogP contribution in [0.15, 0.2) is 170 Å². The number of nitrogens with zero attached hydrogens (tertiary/aromatic N) is 4. The number of hydrogen-bond acceptors (Lipinski definition) is 4. The number of fused-ring (bicyclic) bond motifs is 2. The summed E-state index contributed by atoms with van der Waals surface area (Å²) in [7, 11) is 0. The van der Waals surface area contributed by atoms with Gasteiger partial charge in [-0.1, -0.05) is 199 Å². The minimum atomic E-state index is -0.218. The Morgan fingerprint density at radius 3 is 1.92 bits per heavy atom. The first kappa shape index (κ1) is 56.4. The third-order valence-electron chi connectivity index (χ3n) is 15.3. The fourth-order valence-corrected chi connectivity index (χ4v) is 10.6. The van der Waals surface area contributed by atoms with Crippen LogP contribution in [0.2, 0.25) is 0 Å². The van der Waals surface area contributed by atoms with Crippen LogP contribution in [0.3, 0.4) is 0 Å². The average Bonchev–Trinajstić information content (AvgIpc) is 3.84. The van der Waals surface area contributed by atoms with Gasteiger partial charge in [-0.3, -0.25) is 9.55 Å². The maximum atomic E-state index is 12.5. The number of anilines is 1. The van der Waals surface area contributed by atoms with E-state index < -0.39 is 0 Å². The monoisotopic (exact) mass is 1200 g/mol. The van der Waals surface area contributed by atoms with E-state index in [-0.39, 0.29) is 54.5 Å². The molecule has 0 radical (unpaired) electrons. The number of pyridine rings is 1. The topological polar surface area (TPSA) is 54.2 Å². The fraction of sp³-hybridized carbons (Fsp3) is 0.296. The molecule has 1 N–H and O–H groups in total. The Labute approximate surface area is 474 Å². The van der Waals surface area contributed by atoms with Crippen LogP contribution in [0, 0.1) is 6.07 Å². The number of aromatic hydroxyl groups is 1. The van der Waals surface area contributed by atoms with Crippen molar-refractivity contribution in [1.82, 2.24) is 14.5 Å². The van der Waals surface area contributed by atoms with E-state index in [4.69, 9.17) is 9.97 Å². The number of benzene rings is 7. The molecule has 0 bridgehead atoms. The van der Waals surface area contributed by atoms with E-state index in [9.17, 15) is 5.11 Å². The SMILES string of the molecule is C=C/C(=C(\C)N(c1ccccc1)C(C)CC)c1ccnc(-c2[c-]c(-c3cc(C(C)(C)C)cc4c3nc(-c3ccc(-c5c(C(C)(C)C)ccc6cc(C(C)(C)C)ccc56)cc3O)n4-c3ccccc3)cc(C(C)(C)C)c2)c1.[Pt]. The molecule has 6 heteroatoms. The molecular formula is C71H77N4OPt-. The average molecular weight is 1200 g/mol. The summed E-state index contributed by atoms with van der Waals surface area (Å²) in [6.07, 6.45) is 4.87. The molecule has 2 aromatic heterocycles. The van der Waals surface area contributed by atoms with E-state index in [1.165, 1.54) is 21.9 Å². The fourth-order valence-electron chi connectivity index (χ4n) is 10.6. The number of allylic oxidation sites excluding steroid dienone is 3. The van der Waals surface area contributed by atoms with Crippen LogP contribution in [0.25, 0.3) is 78.0 Å². The molecule has 0 fully saturated rings. The Bertz CT molecular complexity index is 3670. The Hall–Kier alpha value is -6.81. The second-order valence-corrected chi connectivity index (χ2v) is 24.9. The third-order valence-corrected chi connectivity index (χ3v) is 15.3. The number of phenolic OH excluding ortho intramolecular Hbond substituents is 1. The van der Waals surface area contributed by atoms with Crippen molar-refractivity contribution in [2.24, 2.45) is 0 Å². The van der Waals surface area contributed by atoms with Gasteiger partial charge < -0.3 is 10.0 Å². The molecule has 0 spiro atoms. The first-order valence-electron chi connectivity index (χ1n) is 27.1. The first-order valence-corrected chi connectivity index (χ1v) is 27.1. The van der Waals surface area contributed by atoms with Crippen molar-refractivity contribution in [3.05, 3.63) is 204 Å². The van der Waals surface area contributed by atoms with Gasteiger partial charge in [-0.25, -0.2) is 4.98 Å². The summed E-state index contributed by atoms with van der Waals surface area (Å²) in [5, 5.41) is 14.9. The van der Waals surface area contributed by atoms with Crippen LogP contribution < -0.4 is 4.90 Å². The normalized spacial score (nSPS) is 13.1. The van der Waals surface area contributed by atoms with Crippen molar-refractivity contribution in [3.8, 4) is 56.3 Å². The summed E-state index contributed by atoms with van der Waals surface area (Å²) in [5.41, 5.74) is 17.7. The minimum absolute atomic E-state index is 0. The van der Waals surface area contributed by atoms with Crippen molar-refractivity contribution in [2.45, 2.75) is 138 Å². The second kappa shape index (κ2) is 21.5. The molecule has 0 aliphatic rings. The zero-order valence-electron chi connectivity index (χ0n) is 48.1. The molecule has 9 aromatic rings. The Kier molecular flexibility index (Phi) is 15.8. The van der Waals surface area contributed by atoms with Gasteiger partial charge in [0.2, 0.25) is 0 Å². The summed E-state index contributed by atoms with van der Waals surface area (Å²) >= 11 is 0. The smallest absolute Gasteiger partial charge is 0.148 e. The number of imidazole rings is 1. The zero-order valence-corrected chi connectivity index (χ0v) is 50.3. The Morgan fingerprint density at radius 2 is 1.31 bits per heavy atom. The van der Waals surface area contributed by atoms with Crippen molar-refractivity contribution in [2.75, 3.05) is 4.90 Å². The largest absolute Gasteiger partial charge is 0.507 e. The van der Waals surface area contributed by atoms with Gasteiger partial charge in [0.15, 0.2) is 0 Å². The number of para-hydroxylation sites is 2. The molecule has 9 rings (SSSR count). The van der Waals surface area contributed by atoms with E-state index in [0.29, 0.717) is 11.4 Å². The Balaban J connectivity index is 0.00000784. The summed E-state index contributed by atoms with van der Waals surface area (Å²) in [4.78, 5) is 13.1. The van der Waals surface area contributed by atoms with E-state index >= 15 is 0 Å². The molecule has 2 heterocycles. The van der Waals surface area contributed by atoms with Gasteiger partial charge in [0.05, 0.1) is 16.6 Å². The van der Waals surface area contributed by atoms with E-state index in [1.807, 2.05) is 24.4 Å². The maximum Gasteiger partial charge on any atom is 0.148 e. The van der Waals surface area contributed by atoms with Gasteiger partial charge in [-0.15, -0.1) is 29.3 Å². The standard InChI is InChI=1S/C71H77N4O.Pt/c1-17-45(3)74(55-25-21-19-22-26-55)46(4)57(18-2)48-35-36-72-62(41-48)51-37-50(39-53(40-51)69(8,9)10)60-43-54(70(11,12)13)44-63-66(60)73-67(75(63)56-27-23-20-24-28-56)59-32-29-49(42-64(59)76)65-58-33-31-52(68(5,6)7)38-47(58)30-34-61(65)71(14,15)16;/h18-36,38-45,76H,2,17H2,1,3-16H3;/q-1;/b57-46-;. The van der Waals surface area contributed by atoms with Crippen molar-refractivity contribution >= 4 is 33.1 Å². The van der Waals surface area contributed by atoms with E-state index in [2.05, 4.69) is 259 Å². The van der Waals surface area contributed by atoms with Crippen molar-refractivity contribution in [1.29, 1.82) is 0 Å². The van der Waals surface area contributed by atoms with E-state index in [0.717, 1.165) is 90.3 Å². The first-order chi connectivity index (χ1) is 35.9. The molecule has 0 saturated heterocycles. The zero-order chi connectivity index (χ0) is 54.6. The van der Waals surface area contributed by atoms with Gasteiger partial charge >= 0.3 is 0 Å². The number of aromatic nitrogens is 3. The summed E-state index contributed by atoms with van der Waals surface area (Å²) in [5.74, 6) is 0.823. The second-order valence-electron chi connectivity index (χ2n) is 24.9. The number of hydrogen-bond donors (Lipinski definition) is 1. The van der Waals surface area contributed by atoms with Crippen molar-refractivity contribution in [3.63, 3.8) is 0 Å². The predicted molar refractivity (Wildman–Crippen MR) is 325 cm³/mol. The quantitative estimate of drug-likeness (QED) is 0.104. The van der Waals surface area contributed by atoms with E-state index in [1.54, 1.807) is 0 Å². The van der Waals surface area contributed by atoms with Crippen molar-refractivity contribution < 1.29 is 26.2 Å². The molecule has 0 aliphatic carbocycles. The van der Waals surface area contributed by atoms with Gasteiger partial charge in [0.25, 0.3) is 0 Å². The van der Waals surface area contributed by atoms with Gasteiger partial charge in [0, 0.05) is 56.1 Å². The molecule has 5 nitrogen and oxygen atoms in total. The molecule has 0 saturated carbocycles. The molecular weight excluding hydrogens is 1120 g/mol. The third kappa shape index (κ3) is 11.3. The summed E-state index contributed by atoms with van der Waals surface area (Å²) < 4.78 is 2.22. The van der Waals surface area contributed by atoms with Crippen LogP contribution in [-0.4, -0.2) is 25.7 Å². The van der Waals surface area contributed by atoms with Crippen LogP contribution in [-0.2, 0) is 42.7 Å². The van der Waals surface area contributed by atoms with Gasteiger partial charge in [-0.05, 0) is 140 Å². The molecule has 77 heavy (non-hydrogen) atoms. The minimum Gasteiger partial charge on any atom is -0.507 e. The molecule has 398 valence electrons. The predicted octanol–water partition coefficient (Wildman–Crippen LogP) is 19.2. The summed E-state index contributed by atoms with van der Waals surface area (Å²) in [6, 6.07) is 56.2. The van der Waals surface area contributed by atoms with Gasteiger partial charge in [0.1, 0.15) is 11.6 Å². The number of phenols is 1. The molecule has 7 aromatic carbocycles.